The monoisotopic (exact) mass is 204 g/mol. The molecule has 0 atom stereocenters. The number of aryl methyl sites for hydroxylation is 1. The highest BCUT2D eigenvalue weighted by molar-refractivity contribution is 5.81. The van der Waals surface area contributed by atoms with Gasteiger partial charge in [0.25, 0.3) is 0 Å². The van der Waals surface area contributed by atoms with Gasteiger partial charge in [0, 0.05) is 17.5 Å². The molecule has 0 amide bonds. The third kappa shape index (κ3) is 1.73. The molecule has 0 N–H and O–H groups in total. The first-order valence-electron chi connectivity index (χ1n) is 4.85. The average Bonchev–Trinajstić information content (AvgIpc) is 2.26. The number of ether oxygens (including phenoxy) is 1. The summed E-state index contributed by atoms with van der Waals surface area (Å²) >= 11 is 0. The summed E-state index contributed by atoms with van der Waals surface area (Å²) in [4.78, 5) is 11.3. The Hall–Kier alpha value is -1.77. The molecule has 0 spiro atoms. The fourth-order valence-corrected chi connectivity index (χ4v) is 1.63. The molecule has 1 heterocycles. The van der Waals surface area contributed by atoms with E-state index < -0.39 is 0 Å². The van der Waals surface area contributed by atoms with E-state index in [2.05, 4.69) is 0 Å². The molecule has 0 saturated heterocycles. The number of methoxy groups -OCH3 is 1. The molecule has 0 bridgehead atoms. The predicted octanol–water partition coefficient (Wildman–Crippen LogP) is 2.36. The van der Waals surface area contributed by atoms with Crippen molar-refractivity contribution >= 4 is 11.0 Å². The third-order valence-corrected chi connectivity index (χ3v) is 2.42. The topological polar surface area (TPSA) is 39.4 Å². The fourth-order valence-electron chi connectivity index (χ4n) is 1.63. The van der Waals surface area contributed by atoms with Gasteiger partial charge in [-0.2, -0.15) is 0 Å². The molecule has 0 unspecified atom stereocenters. The summed E-state index contributed by atoms with van der Waals surface area (Å²) in [5.74, 6) is 0.693. The highest BCUT2D eigenvalue weighted by Gasteiger charge is 2.04. The van der Waals surface area contributed by atoms with E-state index in [9.17, 15) is 4.79 Å². The molecule has 78 valence electrons. The van der Waals surface area contributed by atoms with Gasteiger partial charge >= 0.3 is 5.63 Å². The summed E-state index contributed by atoms with van der Waals surface area (Å²) in [6.45, 7) is 2.01. The van der Waals surface area contributed by atoms with Crippen molar-refractivity contribution in [1.82, 2.24) is 0 Å². The lowest BCUT2D eigenvalue weighted by Gasteiger charge is -2.04. The van der Waals surface area contributed by atoms with Crippen LogP contribution in [0.4, 0.5) is 0 Å². The van der Waals surface area contributed by atoms with Gasteiger partial charge in [-0.1, -0.05) is 6.92 Å². The molecule has 1 aromatic heterocycles. The minimum Gasteiger partial charge on any atom is -0.497 e. The van der Waals surface area contributed by atoms with Crippen LogP contribution in [0, 0.1) is 0 Å². The van der Waals surface area contributed by atoms with Gasteiger partial charge in [0.05, 0.1) is 7.11 Å². The van der Waals surface area contributed by atoms with E-state index in [1.807, 2.05) is 19.1 Å². The van der Waals surface area contributed by atoms with Crippen LogP contribution in [0.25, 0.3) is 11.0 Å². The Morgan fingerprint density at radius 1 is 1.33 bits per heavy atom. The molecule has 0 fully saturated rings. The average molecular weight is 204 g/mol. The minimum atomic E-state index is -0.312. The normalized spacial score (nSPS) is 10.5. The van der Waals surface area contributed by atoms with Crippen molar-refractivity contribution in [3.63, 3.8) is 0 Å². The van der Waals surface area contributed by atoms with Crippen molar-refractivity contribution < 1.29 is 9.15 Å². The van der Waals surface area contributed by atoms with Crippen LogP contribution in [0.15, 0.2) is 33.5 Å². The first-order chi connectivity index (χ1) is 7.24. The highest BCUT2D eigenvalue weighted by atomic mass is 16.5. The molecule has 2 rings (SSSR count). The van der Waals surface area contributed by atoms with Crippen molar-refractivity contribution in [2.24, 2.45) is 0 Å². The first kappa shape index (κ1) is 9.77. The first-order valence-corrected chi connectivity index (χ1v) is 4.85. The van der Waals surface area contributed by atoms with Crippen LogP contribution in [0.3, 0.4) is 0 Å². The van der Waals surface area contributed by atoms with E-state index in [-0.39, 0.29) is 5.63 Å². The van der Waals surface area contributed by atoms with E-state index in [1.165, 1.54) is 6.07 Å². The molecule has 2 aromatic rings. The molecule has 0 aliphatic carbocycles. The predicted molar refractivity (Wildman–Crippen MR) is 58.4 cm³/mol. The molecule has 0 aliphatic rings. The number of hydrogen-bond acceptors (Lipinski definition) is 3. The van der Waals surface area contributed by atoms with Crippen LogP contribution in [0.1, 0.15) is 12.5 Å². The summed E-state index contributed by atoms with van der Waals surface area (Å²) in [6.07, 6.45) is 0.814. The van der Waals surface area contributed by atoms with Gasteiger partial charge in [-0.25, -0.2) is 4.79 Å². The highest BCUT2D eigenvalue weighted by Crippen LogP contribution is 2.22. The molecule has 0 radical (unpaired) electrons. The van der Waals surface area contributed by atoms with E-state index >= 15 is 0 Å². The number of rotatable bonds is 2. The minimum absolute atomic E-state index is 0.312. The van der Waals surface area contributed by atoms with E-state index in [0.29, 0.717) is 11.3 Å². The Balaban J connectivity index is 2.78. The third-order valence-electron chi connectivity index (χ3n) is 2.42. The zero-order valence-electron chi connectivity index (χ0n) is 8.74. The molecule has 3 heteroatoms. The van der Waals surface area contributed by atoms with Crippen molar-refractivity contribution in [3.05, 3.63) is 40.2 Å². The zero-order chi connectivity index (χ0) is 10.8. The summed E-state index contributed by atoms with van der Waals surface area (Å²) < 4.78 is 10.2. The largest absolute Gasteiger partial charge is 0.497 e. The van der Waals surface area contributed by atoms with Crippen LogP contribution in [-0.4, -0.2) is 7.11 Å². The Morgan fingerprint density at radius 2 is 2.13 bits per heavy atom. The maximum Gasteiger partial charge on any atom is 0.336 e. The van der Waals surface area contributed by atoms with Gasteiger partial charge in [-0.05, 0) is 24.1 Å². The number of benzene rings is 1. The Kier molecular flexibility index (Phi) is 2.46. The fraction of sp³-hybridized carbons (Fsp3) is 0.250. The van der Waals surface area contributed by atoms with Gasteiger partial charge in [-0.15, -0.1) is 0 Å². The van der Waals surface area contributed by atoms with Crippen LogP contribution in [0.2, 0.25) is 0 Å². The smallest absolute Gasteiger partial charge is 0.336 e. The van der Waals surface area contributed by atoms with Crippen molar-refractivity contribution in [1.29, 1.82) is 0 Å². The van der Waals surface area contributed by atoms with Gasteiger partial charge in [0.1, 0.15) is 11.3 Å². The maximum absolute atomic E-state index is 11.3. The van der Waals surface area contributed by atoms with Crippen LogP contribution < -0.4 is 10.4 Å². The number of fused-ring (bicyclic) bond motifs is 1. The van der Waals surface area contributed by atoms with Gasteiger partial charge in [-0.3, -0.25) is 0 Å². The Morgan fingerprint density at radius 3 is 2.80 bits per heavy atom. The number of hydrogen-bond donors (Lipinski definition) is 0. The second kappa shape index (κ2) is 3.77. The molecule has 1 aromatic carbocycles. The molecular weight excluding hydrogens is 192 g/mol. The van der Waals surface area contributed by atoms with E-state index in [0.717, 1.165) is 17.4 Å². The van der Waals surface area contributed by atoms with Gasteiger partial charge < -0.3 is 9.15 Å². The Bertz CT molecular complexity index is 540. The molecule has 0 saturated carbocycles. The second-order valence-electron chi connectivity index (χ2n) is 3.31. The lowest BCUT2D eigenvalue weighted by atomic mass is 10.1. The van der Waals surface area contributed by atoms with Crippen LogP contribution >= 0.6 is 0 Å². The maximum atomic E-state index is 11.3. The van der Waals surface area contributed by atoms with E-state index in [1.54, 1.807) is 13.2 Å². The Labute approximate surface area is 87.3 Å². The molecule has 3 nitrogen and oxygen atoms in total. The second-order valence-corrected chi connectivity index (χ2v) is 3.31. The van der Waals surface area contributed by atoms with Crippen molar-refractivity contribution in [2.45, 2.75) is 13.3 Å². The molecule has 15 heavy (non-hydrogen) atoms. The standard InChI is InChI=1S/C12H12O3/c1-3-8-6-12(13)15-11-7-9(14-2)4-5-10(8)11/h4-7H,3H2,1-2H3. The molecule has 0 aliphatic heterocycles. The van der Waals surface area contributed by atoms with Crippen molar-refractivity contribution in [3.8, 4) is 5.75 Å². The summed E-state index contributed by atoms with van der Waals surface area (Å²) in [7, 11) is 1.59. The summed E-state index contributed by atoms with van der Waals surface area (Å²) in [5, 5.41) is 0.970. The van der Waals surface area contributed by atoms with Crippen molar-refractivity contribution in [2.75, 3.05) is 7.11 Å². The SMILES string of the molecule is CCc1cc(=O)oc2cc(OC)ccc12. The lowest BCUT2D eigenvalue weighted by Crippen LogP contribution is -1.99. The lowest BCUT2D eigenvalue weighted by molar-refractivity contribution is 0.414. The van der Waals surface area contributed by atoms with E-state index in [4.69, 9.17) is 9.15 Å². The van der Waals surface area contributed by atoms with Gasteiger partial charge in [0.15, 0.2) is 0 Å². The van der Waals surface area contributed by atoms with Crippen LogP contribution in [0.5, 0.6) is 5.75 Å². The van der Waals surface area contributed by atoms with Crippen LogP contribution in [-0.2, 0) is 6.42 Å². The molecular formula is C12H12O3. The van der Waals surface area contributed by atoms with Gasteiger partial charge in [0.2, 0.25) is 0 Å². The quantitative estimate of drug-likeness (QED) is 0.705. The summed E-state index contributed by atoms with van der Waals surface area (Å²) in [6, 6.07) is 7.04. The zero-order valence-corrected chi connectivity index (χ0v) is 8.74. The summed E-state index contributed by atoms with van der Waals surface area (Å²) in [5.41, 5.74) is 1.27.